The molecule has 0 spiro atoms. The number of anilines is 1. The molecule has 0 saturated heterocycles. The van der Waals surface area contributed by atoms with Crippen molar-refractivity contribution in [2.75, 3.05) is 11.5 Å². The number of hydrogen-bond donors (Lipinski definition) is 3. The van der Waals surface area contributed by atoms with Gasteiger partial charge in [0.05, 0.1) is 6.10 Å². The van der Waals surface area contributed by atoms with Gasteiger partial charge in [-0.05, 0) is 18.6 Å². The van der Waals surface area contributed by atoms with Crippen LogP contribution in [-0.4, -0.2) is 27.2 Å². The zero-order valence-electron chi connectivity index (χ0n) is 10.3. The van der Waals surface area contributed by atoms with Crippen molar-refractivity contribution in [1.82, 2.24) is 0 Å². The number of rotatable bonds is 5. The first-order chi connectivity index (χ1) is 8.84. The lowest BCUT2D eigenvalue weighted by Crippen LogP contribution is -2.22. The summed E-state index contributed by atoms with van der Waals surface area (Å²) >= 11 is 0.975. The third-order valence-corrected chi connectivity index (χ3v) is 3.39. The van der Waals surface area contributed by atoms with Gasteiger partial charge < -0.3 is 15.9 Å². The van der Waals surface area contributed by atoms with Gasteiger partial charge in [-0.15, -0.1) is 0 Å². The lowest BCUT2D eigenvalue weighted by molar-refractivity contribution is -0.109. The molecular weight excluding hydrogens is 276 g/mol. The van der Waals surface area contributed by atoms with Crippen molar-refractivity contribution in [3.8, 4) is 0 Å². The Morgan fingerprint density at radius 3 is 2.63 bits per heavy atom. The minimum atomic E-state index is -1.64. The van der Waals surface area contributed by atoms with Crippen LogP contribution >= 0.6 is 11.8 Å². The Morgan fingerprint density at radius 2 is 2.05 bits per heavy atom. The van der Waals surface area contributed by atoms with Gasteiger partial charge in [0.15, 0.2) is 16.7 Å². The van der Waals surface area contributed by atoms with E-state index in [0.29, 0.717) is 0 Å². The van der Waals surface area contributed by atoms with Crippen molar-refractivity contribution in [3.63, 3.8) is 0 Å². The molecule has 0 heterocycles. The number of carbonyl (C=O) groups is 1. The van der Waals surface area contributed by atoms with Crippen molar-refractivity contribution in [2.24, 2.45) is 0 Å². The van der Waals surface area contributed by atoms with E-state index in [9.17, 15) is 23.8 Å². The largest absolute Gasteiger partial charge is 0.398 e. The number of aliphatic hydroxyl groups excluding tert-OH is 2. The molecule has 0 aliphatic heterocycles. The van der Waals surface area contributed by atoms with Crippen LogP contribution in [-0.2, 0) is 4.79 Å². The zero-order valence-corrected chi connectivity index (χ0v) is 11.1. The molecule has 0 aromatic heterocycles. The van der Waals surface area contributed by atoms with Gasteiger partial charge in [-0.1, -0.05) is 11.8 Å². The molecule has 0 fully saturated rings. The van der Waals surface area contributed by atoms with Crippen molar-refractivity contribution < 1.29 is 23.8 Å². The van der Waals surface area contributed by atoms with E-state index >= 15 is 0 Å². The van der Waals surface area contributed by atoms with Crippen LogP contribution < -0.4 is 5.73 Å². The Labute approximate surface area is 113 Å². The van der Waals surface area contributed by atoms with E-state index in [-0.39, 0.29) is 23.0 Å². The Kier molecular flexibility index (Phi) is 5.71. The van der Waals surface area contributed by atoms with Crippen LogP contribution in [0.4, 0.5) is 14.5 Å². The monoisotopic (exact) mass is 291 g/mol. The third kappa shape index (κ3) is 4.15. The Morgan fingerprint density at radius 1 is 1.42 bits per heavy atom. The topological polar surface area (TPSA) is 83.5 Å². The van der Waals surface area contributed by atoms with Gasteiger partial charge >= 0.3 is 0 Å². The molecular formula is C12H15F2NO3S. The van der Waals surface area contributed by atoms with E-state index in [1.54, 1.807) is 0 Å². The molecule has 0 radical (unpaired) electrons. The van der Waals surface area contributed by atoms with Crippen LogP contribution in [0.2, 0.25) is 0 Å². The highest BCUT2D eigenvalue weighted by Gasteiger charge is 2.25. The van der Waals surface area contributed by atoms with Gasteiger partial charge in [-0.3, -0.25) is 4.79 Å². The van der Waals surface area contributed by atoms with Gasteiger partial charge in [-0.2, -0.15) is 0 Å². The summed E-state index contributed by atoms with van der Waals surface area (Å²) in [7, 11) is 0. The summed E-state index contributed by atoms with van der Waals surface area (Å²) in [6, 6.07) is 1.97. The fraction of sp³-hybridized carbons (Fsp3) is 0.417. The maximum Gasteiger partial charge on any atom is 0.185 e. The standard InChI is InChI=1S/C12H15F2NO3S/c1-6(16)19-5-4-9(17)12(18)10-8(15)3-2-7(13)11(10)14/h2-3,9,12,17-18H,4-5,15H2,1H3. The first-order valence-electron chi connectivity index (χ1n) is 5.57. The second kappa shape index (κ2) is 6.83. The summed E-state index contributed by atoms with van der Waals surface area (Å²) in [6.07, 6.45) is -2.91. The molecule has 4 N–H and O–H groups in total. The predicted octanol–water partition coefficient (Wildman–Crippen LogP) is 1.61. The van der Waals surface area contributed by atoms with Gasteiger partial charge in [0, 0.05) is 23.9 Å². The predicted molar refractivity (Wildman–Crippen MR) is 69.5 cm³/mol. The van der Waals surface area contributed by atoms with Crippen LogP contribution in [0.25, 0.3) is 0 Å². The second-order valence-electron chi connectivity index (χ2n) is 4.01. The van der Waals surface area contributed by atoms with Crippen LogP contribution in [0.1, 0.15) is 25.0 Å². The maximum absolute atomic E-state index is 13.5. The summed E-state index contributed by atoms with van der Waals surface area (Å²) in [5.74, 6) is -2.15. The summed E-state index contributed by atoms with van der Waals surface area (Å²) < 4.78 is 26.6. The average Bonchev–Trinajstić information content (AvgIpc) is 2.33. The van der Waals surface area contributed by atoms with Crippen molar-refractivity contribution >= 4 is 22.6 Å². The lowest BCUT2D eigenvalue weighted by atomic mass is 10.00. The van der Waals surface area contributed by atoms with E-state index in [1.807, 2.05) is 0 Å². The fourth-order valence-corrected chi connectivity index (χ4v) is 2.20. The Balaban J connectivity index is 2.79. The van der Waals surface area contributed by atoms with Gasteiger partial charge in [-0.25, -0.2) is 8.78 Å². The Bertz CT molecular complexity index is 471. The minimum Gasteiger partial charge on any atom is -0.398 e. The molecule has 0 bridgehead atoms. The number of nitrogen functional groups attached to an aromatic ring is 1. The smallest absolute Gasteiger partial charge is 0.185 e. The molecule has 0 amide bonds. The number of benzene rings is 1. The SMILES string of the molecule is CC(=O)SCCC(O)C(O)c1c(N)ccc(F)c1F. The van der Waals surface area contributed by atoms with Gasteiger partial charge in [0.1, 0.15) is 6.10 Å². The molecule has 2 atom stereocenters. The van der Waals surface area contributed by atoms with Crippen LogP contribution in [0.5, 0.6) is 0 Å². The summed E-state index contributed by atoms with van der Waals surface area (Å²) in [4.78, 5) is 10.7. The van der Waals surface area contributed by atoms with E-state index in [4.69, 9.17) is 5.73 Å². The lowest BCUT2D eigenvalue weighted by Gasteiger charge is -2.20. The van der Waals surface area contributed by atoms with E-state index in [0.717, 1.165) is 23.9 Å². The molecule has 4 nitrogen and oxygen atoms in total. The Hall–Kier alpha value is -1.18. The van der Waals surface area contributed by atoms with E-state index < -0.39 is 29.4 Å². The van der Waals surface area contributed by atoms with Crippen molar-refractivity contribution in [3.05, 3.63) is 29.3 Å². The number of halogens is 2. The normalized spacial score (nSPS) is 14.2. The molecule has 1 aromatic rings. The molecule has 106 valence electrons. The molecule has 2 unspecified atom stereocenters. The third-order valence-electron chi connectivity index (χ3n) is 2.55. The van der Waals surface area contributed by atoms with E-state index in [1.165, 1.54) is 6.92 Å². The highest BCUT2D eigenvalue weighted by atomic mass is 32.2. The number of thioether (sulfide) groups is 1. The summed E-state index contributed by atoms with van der Waals surface area (Å²) in [6.45, 7) is 1.37. The number of hydrogen-bond acceptors (Lipinski definition) is 5. The fourth-order valence-electron chi connectivity index (χ4n) is 1.56. The molecule has 0 saturated carbocycles. The highest BCUT2D eigenvalue weighted by Crippen LogP contribution is 2.29. The first kappa shape index (κ1) is 15.9. The number of aliphatic hydroxyl groups is 2. The molecule has 1 aromatic carbocycles. The minimum absolute atomic E-state index is 0.0564. The second-order valence-corrected chi connectivity index (χ2v) is 5.28. The maximum atomic E-state index is 13.5. The molecule has 0 aliphatic carbocycles. The molecule has 7 heteroatoms. The average molecular weight is 291 g/mol. The number of nitrogens with two attached hydrogens (primary N) is 1. The quantitative estimate of drug-likeness (QED) is 0.718. The zero-order chi connectivity index (χ0) is 14.6. The molecule has 0 aliphatic rings. The number of carbonyl (C=O) groups excluding carboxylic acids is 1. The van der Waals surface area contributed by atoms with Gasteiger partial charge in [0.2, 0.25) is 0 Å². The first-order valence-corrected chi connectivity index (χ1v) is 6.56. The van der Waals surface area contributed by atoms with Crippen molar-refractivity contribution in [2.45, 2.75) is 25.6 Å². The highest BCUT2D eigenvalue weighted by molar-refractivity contribution is 8.13. The van der Waals surface area contributed by atoms with Crippen molar-refractivity contribution in [1.29, 1.82) is 0 Å². The summed E-state index contributed by atoms with van der Waals surface area (Å²) in [5.41, 5.74) is 4.88. The van der Waals surface area contributed by atoms with Gasteiger partial charge in [0.25, 0.3) is 0 Å². The van der Waals surface area contributed by atoms with Crippen LogP contribution in [0, 0.1) is 11.6 Å². The molecule has 19 heavy (non-hydrogen) atoms. The van der Waals surface area contributed by atoms with E-state index in [2.05, 4.69) is 0 Å². The summed E-state index contributed by atoms with van der Waals surface area (Å²) in [5, 5.41) is 19.4. The molecule has 1 rings (SSSR count). The van der Waals surface area contributed by atoms with Crippen LogP contribution in [0.15, 0.2) is 12.1 Å². The van der Waals surface area contributed by atoms with Crippen LogP contribution in [0.3, 0.4) is 0 Å².